The second-order valence-electron chi connectivity index (χ2n) is 9.64. The average molecular weight is 581 g/mol. The summed E-state index contributed by atoms with van der Waals surface area (Å²) in [5.41, 5.74) is 1.27. The number of carbonyl (C=O) groups is 2. The molecule has 5 aromatic rings. The van der Waals surface area contributed by atoms with Crippen LogP contribution < -0.4 is 14.4 Å². The highest BCUT2D eigenvalue weighted by Crippen LogP contribution is 2.45. The molecule has 1 amide bonds. The van der Waals surface area contributed by atoms with Crippen LogP contribution in [0.5, 0.6) is 17.2 Å². The molecule has 1 N–H and O–H groups in total. The smallest absolute Gasteiger partial charge is 0.301 e. The number of carbonyl (C=O) groups excluding carboxylic acids is 2. The Bertz CT molecular complexity index is 1820. The lowest BCUT2D eigenvalue weighted by Gasteiger charge is -2.23. The fraction of sp³-hybridized carbons (Fsp3) is 0.121. The molecule has 1 atom stereocenters. The van der Waals surface area contributed by atoms with E-state index >= 15 is 0 Å². The fourth-order valence-electron chi connectivity index (χ4n) is 4.79. The first-order valence-corrected chi connectivity index (χ1v) is 14.2. The number of thiazole rings is 1. The fourth-order valence-corrected chi connectivity index (χ4v) is 5.81. The minimum absolute atomic E-state index is 0.0930. The third-order valence-electron chi connectivity index (χ3n) is 6.74. The van der Waals surface area contributed by atoms with E-state index in [1.165, 1.54) is 23.1 Å². The second-order valence-corrected chi connectivity index (χ2v) is 10.6. The lowest BCUT2D eigenvalue weighted by molar-refractivity contribution is -0.132. The maximum absolute atomic E-state index is 14.0. The Hall–Kier alpha value is -5.02. The number of rotatable bonds is 8. The van der Waals surface area contributed by atoms with Gasteiger partial charge in [-0.05, 0) is 78.7 Å². The van der Waals surface area contributed by atoms with Gasteiger partial charge in [-0.15, -0.1) is 0 Å². The van der Waals surface area contributed by atoms with Gasteiger partial charge in [-0.2, -0.15) is 0 Å². The molecule has 1 aromatic heterocycles. The van der Waals surface area contributed by atoms with Crippen molar-refractivity contribution in [2.75, 3.05) is 11.5 Å². The van der Waals surface area contributed by atoms with Gasteiger partial charge >= 0.3 is 5.91 Å². The van der Waals surface area contributed by atoms with E-state index in [9.17, 15) is 19.1 Å². The molecule has 1 saturated heterocycles. The maximum Gasteiger partial charge on any atom is 0.301 e. The highest BCUT2D eigenvalue weighted by Gasteiger charge is 2.48. The summed E-state index contributed by atoms with van der Waals surface area (Å²) < 4.78 is 26.2. The molecule has 42 heavy (non-hydrogen) atoms. The molecular formula is C33H25FN2O5S. The summed E-state index contributed by atoms with van der Waals surface area (Å²) in [5.74, 6) is -0.756. The minimum Gasteiger partial charge on any atom is -0.507 e. The number of benzene rings is 4. The summed E-state index contributed by atoms with van der Waals surface area (Å²) in [4.78, 5) is 33.0. The first-order valence-electron chi connectivity index (χ1n) is 13.4. The van der Waals surface area contributed by atoms with Gasteiger partial charge in [0, 0.05) is 5.56 Å². The molecule has 2 heterocycles. The molecule has 210 valence electrons. The van der Waals surface area contributed by atoms with Gasteiger partial charge in [0.2, 0.25) is 0 Å². The number of ketones is 1. The largest absolute Gasteiger partial charge is 0.507 e. The van der Waals surface area contributed by atoms with Crippen LogP contribution in [0.15, 0.2) is 103 Å². The second kappa shape index (κ2) is 11.5. The number of halogens is 1. The molecule has 1 fully saturated rings. The van der Waals surface area contributed by atoms with Crippen LogP contribution in [-0.4, -0.2) is 28.4 Å². The van der Waals surface area contributed by atoms with Crippen molar-refractivity contribution >= 4 is 44.1 Å². The molecule has 0 saturated carbocycles. The van der Waals surface area contributed by atoms with E-state index in [4.69, 9.17) is 9.47 Å². The van der Waals surface area contributed by atoms with E-state index in [1.54, 1.807) is 48.5 Å². The van der Waals surface area contributed by atoms with Crippen molar-refractivity contribution in [3.05, 3.63) is 120 Å². The van der Waals surface area contributed by atoms with E-state index in [1.807, 2.05) is 37.3 Å². The Labute approximate surface area is 245 Å². The molecule has 0 bridgehead atoms. The molecule has 0 spiro atoms. The standard InChI is InChI=1S/C33H25FN2O5S/c1-2-17-40-23-14-11-20(12-15-23)30(37)28-29(21-7-6-10-25(18-21)41-24-8-4-3-5-9-24)36(32(39)31(28)38)33-35-26-16-13-22(34)19-27(26)42-33/h3-16,18-19,29,37H,2,17H2,1H3/b30-28+. The number of amides is 1. The number of nitrogens with zero attached hydrogens (tertiary/aromatic N) is 2. The van der Waals surface area contributed by atoms with Crippen LogP contribution >= 0.6 is 11.3 Å². The van der Waals surface area contributed by atoms with Crippen molar-refractivity contribution < 1.29 is 28.6 Å². The number of aliphatic hydroxyl groups excluding tert-OH is 1. The van der Waals surface area contributed by atoms with Crippen molar-refractivity contribution in [1.82, 2.24) is 4.98 Å². The number of hydrogen-bond donors (Lipinski definition) is 1. The Balaban J connectivity index is 1.48. The Kier molecular flexibility index (Phi) is 7.41. The zero-order valence-electron chi connectivity index (χ0n) is 22.5. The van der Waals surface area contributed by atoms with E-state index in [-0.39, 0.29) is 16.5 Å². The Morgan fingerprint density at radius 1 is 0.929 bits per heavy atom. The zero-order chi connectivity index (χ0) is 29.2. The summed E-state index contributed by atoms with van der Waals surface area (Å²) in [5, 5.41) is 11.7. The summed E-state index contributed by atoms with van der Waals surface area (Å²) >= 11 is 1.09. The summed E-state index contributed by atoms with van der Waals surface area (Å²) in [6, 6.07) is 26.0. The number of ether oxygens (including phenoxy) is 2. The van der Waals surface area contributed by atoms with Gasteiger partial charge in [0.05, 0.1) is 28.4 Å². The van der Waals surface area contributed by atoms with E-state index < -0.39 is 23.5 Å². The van der Waals surface area contributed by atoms with E-state index in [2.05, 4.69) is 4.98 Å². The Morgan fingerprint density at radius 3 is 2.45 bits per heavy atom. The molecule has 9 heteroatoms. The van der Waals surface area contributed by atoms with Crippen LogP contribution in [0.4, 0.5) is 9.52 Å². The van der Waals surface area contributed by atoms with Gasteiger partial charge in [-0.25, -0.2) is 9.37 Å². The van der Waals surface area contributed by atoms with Gasteiger partial charge in [0.1, 0.15) is 28.8 Å². The van der Waals surface area contributed by atoms with Crippen LogP contribution in [0, 0.1) is 5.82 Å². The third-order valence-corrected chi connectivity index (χ3v) is 7.76. The first-order chi connectivity index (χ1) is 20.4. The molecule has 7 nitrogen and oxygen atoms in total. The molecular weight excluding hydrogens is 555 g/mol. The number of para-hydroxylation sites is 1. The zero-order valence-corrected chi connectivity index (χ0v) is 23.3. The Morgan fingerprint density at radius 2 is 1.69 bits per heavy atom. The van der Waals surface area contributed by atoms with Gasteiger partial charge < -0.3 is 14.6 Å². The minimum atomic E-state index is -1.02. The van der Waals surface area contributed by atoms with Gasteiger partial charge in [0.25, 0.3) is 5.78 Å². The molecule has 0 aliphatic carbocycles. The highest BCUT2D eigenvalue weighted by atomic mass is 32.1. The molecule has 1 aliphatic rings. The molecule has 1 aliphatic heterocycles. The van der Waals surface area contributed by atoms with Crippen molar-refractivity contribution in [2.24, 2.45) is 0 Å². The van der Waals surface area contributed by atoms with Crippen molar-refractivity contribution in [2.45, 2.75) is 19.4 Å². The number of hydrogen-bond acceptors (Lipinski definition) is 7. The van der Waals surface area contributed by atoms with Gasteiger partial charge in [-0.3, -0.25) is 14.5 Å². The van der Waals surface area contributed by atoms with E-state index in [0.717, 1.165) is 17.8 Å². The van der Waals surface area contributed by atoms with Crippen molar-refractivity contribution in [3.8, 4) is 17.2 Å². The van der Waals surface area contributed by atoms with Crippen LogP contribution in [0.2, 0.25) is 0 Å². The normalized spacial score (nSPS) is 16.2. The quantitative estimate of drug-likeness (QED) is 0.115. The lowest BCUT2D eigenvalue weighted by atomic mass is 9.95. The SMILES string of the molecule is CCCOc1ccc(/C(O)=C2\C(=O)C(=O)N(c3nc4ccc(F)cc4s3)C2c2cccc(Oc3ccccc3)c2)cc1. The topological polar surface area (TPSA) is 89.0 Å². The van der Waals surface area contributed by atoms with Gasteiger partial charge in [0.15, 0.2) is 5.13 Å². The molecule has 4 aromatic carbocycles. The van der Waals surface area contributed by atoms with Crippen LogP contribution in [0.1, 0.15) is 30.5 Å². The number of fused-ring (bicyclic) bond motifs is 1. The van der Waals surface area contributed by atoms with Gasteiger partial charge in [-0.1, -0.05) is 48.6 Å². The summed E-state index contributed by atoms with van der Waals surface area (Å²) in [6.07, 6.45) is 0.844. The maximum atomic E-state index is 14.0. The van der Waals surface area contributed by atoms with E-state index in [0.29, 0.717) is 45.2 Å². The third kappa shape index (κ3) is 5.22. The summed E-state index contributed by atoms with van der Waals surface area (Å²) in [7, 11) is 0. The number of aromatic nitrogens is 1. The van der Waals surface area contributed by atoms with Crippen LogP contribution in [-0.2, 0) is 9.59 Å². The van der Waals surface area contributed by atoms with Crippen molar-refractivity contribution in [1.29, 1.82) is 0 Å². The predicted octanol–water partition coefficient (Wildman–Crippen LogP) is 7.64. The molecule has 1 unspecified atom stereocenters. The average Bonchev–Trinajstić information content (AvgIpc) is 3.54. The predicted molar refractivity (Wildman–Crippen MR) is 160 cm³/mol. The lowest BCUT2D eigenvalue weighted by Crippen LogP contribution is -2.29. The molecule has 6 rings (SSSR count). The monoisotopic (exact) mass is 580 g/mol. The highest BCUT2D eigenvalue weighted by molar-refractivity contribution is 7.22. The van der Waals surface area contributed by atoms with Crippen molar-refractivity contribution in [3.63, 3.8) is 0 Å². The first kappa shape index (κ1) is 27.2. The van der Waals surface area contributed by atoms with Crippen LogP contribution in [0.3, 0.4) is 0 Å². The number of Topliss-reactive ketones (excluding diaryl/α,β-unsaturated/α-hetero) is 1. The van der Waals surface area contributed by atoms with Crippen LogP contribution in [0.25, 0.3) is 16.0 Å². The molecule has 0 radical (unpaired) electrons. The summed E-state index contributed by atoms with van der Waals surface area (Å²) in [6.45, 7) is 2.55. The number of aliphatic hydroxyl groups is 1. The number of anilines is 1.